The Bertz CT molecular complexity index is 633. The molecule has 0 atom stereocenters. The number of aromatic nitrogens is 2. The summed E-state index contributed by atoms with van der Waals surface area (Å²) < 4.78 is 7.47. The standard InChI is InChI=1S/C18H25N3O/c1-14(2)10-21(13-16-9-19-20(3)11-16)12-15-4-5-18-17(8-15)6-7-22-18/h4-5,8-9,11,14H,6-7,10,12-13H2,1-3H3. The van der Waals surface area contributed by atoms with Crippen LogP contribution in [-0.2, 0) is 26.6 Å². The first kappa shape index (κ1) is 15.1. The summed E-state index contributed by atoms with van der Waals surface area (Å²) in [6.07, 6.45) is 5.10. The van der Waals surface area contributed by atoms with Crippen LogP contribution < -0.4 is 4.74 Å². The third-order valence-electron chi connectivity index (χ3n) is 3.95. The van der Waals surface area contributed by atoms with Crippen LogP contribution in [0.5, 0.6) is 5.75 Å². The Kier molecular flexibility index (Phi) is 4.48. The average molecular weight is 299 g/mol. The molecular weight excluding hydrogens is 274 g/mol. The zero-order valence-electron chi connectivity index (χ0n) is 13.7. The fraction of sp³-hybridized carbons (Fsp3) is 0.500. The molecule has 1 aromatic heterocycles. The van der Waals surface area contributed by atoms with Crippen molar-refractivity contribution in [2.75, 3.05) is 13.2 Å². The molecule has 22 heavy (non-hydrogen) atoms. The molecule has 0 saturated heterocycles. The van der Waals surface area contributed by atoms with Crippen LogP contribution in [-0.4, -0.2) is 27.8 Å². The minimum atomic E-state index is 0.648. The van der Waals surface area contributed by atoms with E-state index < -0.39 is 0 Å². The molecule has 0 spiro atoms. The van der Waals surface area contributed by atoms with Gasteiger partial charge in [0, 0.05) is 44.9 Å². The molecule has 0 radical (unpaired) electrons. The molecule has 0 bridgehead atoms. The Morgan fingerprint density at radius 2 is 2.09 bits per heavy atom. The molecule has 0 amide bonds. The van der Waals surface area contributed by atoms with E-state index >= 15 is 0 Å². The second kappa shape index (κ2) is 6.53. The zero-order valence-corrected chi connectivity index (χ0v) is 13.7. The lowest BCUT2D eigenvalue weighted by molar-refractivity contribution is 0.227. The molecule has 0 saturated carbocycles. The van der Waals surface area contributed by atoms with Gasteiger partial charge in [0.15, 0.2) is 0 Å². The minimum Gasteiger partial charge on any atom is -0.493 e. The Balaban J connectivity index is 1.71. The maximum Gasteiger partial charge on any atom is 0.122 e. The molecule has 0 fully saturated rings. The summed E-state index contributed by atoms with van der Waals surface area (Å²) in [5.41, 5.74) is 3.99. The van der Waals surface area contributed by atoms with Crippen LogP contribution >= 0.6 is 0 Å². The van der Waals surface area contributed by atoms with Crippen LogP contribution in [0.4, 0.5) is 0 Å². The summed E-state index contributed by atoms with van der Waals surface area (Å²) in [6, 6.07) is 6.62. The van der Waals surface area contributed by atoms with Crippen LogP contribution in [0.15, 0.2) is 30.6 Å². The number of benzene rings is 1. The predicted molar refractivity (Wildman–Crippen MR) is 87.8 cm³/mol. The second-order valence-corrected chi connectivity index (χ2v) is 6.63. The number of fused-ring (bicyclic) bond motifs is 1. The third kappa shape index (κ3) is 3.69. The van der Waals surface area contributed by atoms with E-state index in [1.54, 1.807) is 0 Å². The molecule has 0 N–H and O–H groups in total. The van der Waals surface area contributed by atoms with Gasteiger partial charge < -0.3 is 4.74 Å². The van der Waals surface area contributed by atoms with Crippen molar-refractivity contribution in [2.24, 2.45) is 13.0 Å². The SMILES string of the molecule is CC(C)CN(Cc1ccc2c(c1)CCO2)Cc1cnn(C)c1. The Labute approximate surface area is 132 Å². The van der Waals surface area contributed by atoms with E-state index in [0.29, 0.717) is 5.92 Å². The normalized spacial score (nSPS) is 13.7. The Morgan fingerprint density at radius 1 is 1.27 bits per heavy atom. The van der Waals surface area contributed by atoms with Gasteiger partial charge >= 0.3 is 0 Å². The van der Waals surface area contributed by atoms with E-state index in [-0.39, 0.29) is 0 Å². The van der Waals surface area contributed by atoms with Crippen molar-refractivity contribution in [1.29, 1.82) is 0 Å². The van der Waals surface area contributed by atoms with Crippen LogP contribution in [0, 0.1) is 5.92 Å². The van der Waals surface area contributed by atoms with Crippen molar-refractivity contribution in [1.82, 2.24) is 14.7 Å². The van der Waals surface area contributed by atoms with Gasteiger partial charge in [-0.05, 0) is 23.1 Å². The lowest BCUT2D eigenvalue weighted by Crippen LogP contribution is -2.26. The number of hydrogen-bond donors (Lipinski definition) is 0. The van der Waals surface area contributed by atoms with Crippen molar-refractivity contribution in [3.8, 4) is 5.75 Å². The number of aryl methyl sites for hydroxylation is 1. The molecule has 1 aliphatic rings. The monoisotopic (exact) mass is 299 g/mol. The molecule has 118 valence electrons. The number of ether oxygens (including phenoxy) is 1. The van der Waals surface area contributed by atoms with Crippen molar-refractivity contribution >= 4 is 0 Å². The third-order valence-corrected chi connectivity index (χ3v) is 3.95. The predicted octanol–water partition coefficient (Wildman–Crippen LogP) is 3.01. The fourth-order valence-corrected chi connectivity index (χ4v) is 3.11. The van der Waals surface area contributed by atoms with Gasteiger partial charge in [-0.1, -0.05) is 26.0 Å². The zero-order chi connectivity index (χ0) is 15.5. The van der Waals surface area contributed by atoms with Crippen molar-refractivity contribution in [3.63, 3.8) is 0 Å². The molecule has 4 heteroatoms. The quantitative estimate of drug-likeness (QED) is 0.821. The van der Waals surface area contributed by atoms with E-state index in [1.807, 2.05) is 17.9 Å². The maximum atomic E-state index is 5.60. The summed E-state index contributed by atoms with van der Waals surface area (Å²) in [5.74, 6) is 1.71. The Morgan fingerprint density at radius 3 is 2.82 bits per heavy atom. The van der Waals surface area contributed by atoms with Crippen LogP contribution in [0.2, 0.25) is 0 Å². The summed E-state index contributed by atoms with van der Waals surface area (Å²) in [6.45, 7) is 8.37. The summed E-state index contributed by atoms with van der Waals surface area (Å²) >= 11 is 0. The summed E-state index contributed by atoms with van der Waals surface area (Å²) in [7, 11) is 1.97. The first-order valence-electron chi connectivity index (χ1n) is 8.04. The van der Waals surface area contributed by atoms with E-state index in [1.165, 1.54) is 16.7 Å². The van der Waals surface area contributed by atoms with Gasteiger partial charge in [-0.15, -0.1) is 0 Å². The number of nitrogens with zero attached hydrogens (tertiary/aromatic N) is 3. The van der Waals surface area contributed by atoms with Gasteiger partial charge in [0.25, 0.3) is 0 Å². The van der Waals surface area contributed by atoms with Crippen LogP contribution in [0.1, 0.15) is 30.5 Å². The number of rotatable bonds is 6. The van der Waals surface area contributed by atoms with Gasteiger partial charge in [-0.3, -0.25) is 9.58 Å². The maximum absolute atomic E-state index is 5.60. The van der Waals surface area contributed by atoms with E-state index in [9.17, 15) is 0 Å². The van der Waals surface area contributed by atoms with Gasteiger partial charge in [-0.2, -0.15) is 5.10 Å². The highest BCUT2D eigenvalue weighted by atomic mass is 16.5. The first-order chi connectivity index (χ1) is 10.6. The molecule has 0 unspecified atom stereocenters. The number of hydrogen-bond acceptors (Lipinski definition) is 3. The highest BCUT2D eigenvalue weighted by Crippen LogP contribution is 2.26. The van der Waals surface area contributed by atoms with E-state index in [0.717, 1.165) is 38.4 Å². The summed E-state index contributed by atoms with van der Waals surface area (Å²) in [4.78, 5) is 2.50. The second-order valence-electron chi connectivity index (χ2n) is 6.63. The van der Waals surface area contributed by atoms with Crippen LogP contribution in [0.25, 0.3) is 0 Å². The molecular formula is C18H25N3O. The van der Waals surface area contributed by atoms with Gasteiger partial charge in [0.05, 0.1) is 12.8 Å². The van der Waals surface area contributed by atoms with Gasteiger partial charge in [-0.25, -0.2) is 0 Å². The highest BCUT2D eigenvalue weighted by Gasteiger charge is 2.15. The lowest BCUT2D eigenvalue weighted by Gasteiger charge is -2.24. The average Bonchev–Trinajstić information content (AvgIpc) is 3.06. The molecule has 4 nitrogen and oxygen atoms in total. The minimum absolute atomic E-state index is 0.648. The molecule has 2 heterocycles. The molecule has 3 rings (SSSR count). The van der Waals surface area contributed by atoms with Crippen molar-refractivity contribution in [2.45, 2.75) is 33.4 Å². The fourth-order valence-electron chi connectivity index (χ4n) is 3.11. The molecule has 2 aromatic rings. The smallest absolute Gasteiger partial charge is 0.122 e. The first-order valence-corrected chi connectivity index (χ1v) is 8.04. The largest absolute Gasteiger partial charge is 0.493 e. The van der Waals surface area contributed by atoms with E-state index in [2.05, 4.69) is 48.2 Å². The van der Waals surface area contributed by atoms with E-state index in [4.69, 9.17) is 4.74 Å². The molecule has 1 aromatic carbocycles. The topological polar surface area (TPSA) is 30.3 Å². The highest BCUT2D eigenvalue weighted by molar-refractivity contribution is 5.39. The van der Waals surface area contributed by atoms with Crippen molar-refractivity contribution < 1.29 is 4.74 Å². The Hall–Kier alpha value is -1.81. The molecule has 0 aliphatic carbocycles. The van der Waals surface area contributed by atoms with Crippen LogP contribution in [0.3, 0.4) is 0 Å². The van der Waals surface area contributed by atoms with Gasteiger partial charge in [0.2, 0.25) is 0 Å². The summed E-state index contributed by atoms with van der Waals surface area (Å²) in [5, 5.41) is 4.28. The van der Waals surface area contributed by atoms with Crippen molar-refractivity contribution in [3.05, 3.63) is 47.3 Å². The lowest BCUT2D eigenvalue weighted by atomic mass is 10.1. The molecule has 1 aliphatic heterocycles. The van der Waals surface area contributed by atoms with Gasteiger partial charge in [0.1, 0.15) is 5.75 Å².